The van der Waals surface area contributed by atoms with Gasteiger partial charge in [0.1, 0.15) is 5.75 Å². The zero-order valence-electron chi connectivity index (χ0n) is 15.3. The van der Waals surface area contributed by atoms with E-state index in [1.54, 1.807) is 0 Å². The second kappa shape index (κ2) is 6.31. The Bertz CT molecular complexity index is 546. The second-order valence-corrected chi connectivity index (χ2v) is 8.52. The van der Waals surface area contributed by atoms with Crippen LogP contribution in [0.15, 0.2) is 12.1 Å². The number of amides is 1. The lowest BCUT2D eigenvalue weighted by Gasteiger charge is -2.27. The Morgan fingerprint density at radius 1 is 1.09 bits per heavy atom. The maximum absolute atomic E-state index is 12.5. The third kappa shape index (κ3) is 4.49. The van der Waals surface area contributed by atoms with Crippen molar-refractivity contribution in [2.24, 2.45) is 5.92 Å². The zero-order chi connectivity index (χ0) is 17.3. The highest BCUT2D eigenvalue weighted by Gasteiger charge is 2.27. The number of carbonyl (C=O) groups excluding carboxylic acids is 1. The molecule has 0 heterocycles. The molecule has 0 radical (unpaired) electrons. The average Bonchev–Trinajstić information content (AvgIpc) is 2.33. The molecule has 2 N–H and O–H groups in total. The molecule has 1 amide bonds. The summed E-state index contributed by atoms with van der Waals surface area (Å²) in [7, 11) is 0. The molecule has 1 aromatic rings. The van der Waals surface area contributed by atoms with Crippen LogP contribution in [-0.2, 0) is 10.8 Å². The van der Waals surface area contributed by atoms with Gasteiger partial charge in [0, 0.05) is 12.1 Å². The topological polar surface area (TPSA) is 49.3 Å². The summed E-state index contributed by atoms with van der Waals surface area (Å²) in [6.07, 6.45) is 0. The number of aromatic hydroxyl groups is 1. The van der Waals surface area contributed by atoms with Gasteiger partial charge in [-0.3, -0.25) is 4.79 Å². The molecule has 1 aromatic carbocycles. The van der Waals surface area contributed by atoms with Crippen LogP contribution >= 0.6 is 0 Å². The highest BCUT2D eigenvalue weighted by atomic mass is 16.3. The molecule has 0 saturated carbocycles. The SMILES string of the molecule is CC(C)CNC(=O)c1cc(C(C)(C)C)cc(C(C)(C)C)c1O. The molecule has 0 aliphatic carbocycles. The van der Waals surface area contributed by atoms with Crippen LogP contribution < -0.4 is 5.32 Å². The van der Waals surface area contributed by atoms with Gasteiger partial charge < -0.3 is 10.4 Å². The first-order chi connectivity index (χ1) is 9.84. The molecule has 1 rings (SSSR count). The highest BCUT2D eigenvalue weighted by Crippen LogP contribution is 2.37. The standard InChI is InChI=1S/C19H31NO2/c1-12(2)11-20-17(22)14-9-13(18(3,4)5)10-15(16(14)21)19(6,7)8/h9-10,12,21H,11H2,1-8H3,(H,20,22). The Kier molecular flexibility index (Phi) is 5.32. The van der Waals surface area contributed by atoms with Crippen LogP contribution in [0.2, 0.25) is 0 Å². The third-order valence-corrected chi connectivity index (χ3v) is 3.70. The molecule has 0 aliphatic heterocycles. The number of benzene rings is 1. The summed E-state index contributed by atoms with van der Waals surface area (Å²) in [6.45, 7) is 17.2. The van der Waals surface area contributed by atoms with Gasteiger partial charge in [-0.2, -0.15) is 0 Å². The monoisotopic (exact) mass is 305 g/mol. The lowest BCUT2D eigenvalue weighted by Crippen LogP contribution is -2.28. The second-order valence-electron chi connectivity index (χ2n) is 8.52. The molecule has 0 fully saturated rings. The van der Waals surface area contributed by atoms with E-state index < -0.39 is 0 Å². The number of phenols is 1. The van der Waals surface area contributed by atoms with Gasteiger partial charge >= 0.3 is 0 Å². The van der Waals surface area contributed by atoms with E-state index in [2.05, 4.69) is 26.1 Å². The van der Waals surface area contributed by atoms with Gasteiger partial charge in [0.25, 0.3) is 5.91 Å². The van der Waals surface area contributed by atoms with Crippen molar-refractivity contribution in [1.29, 1.82) is 0 Å². The lowest BCUT2D eigenvalue weighted by atomic mass is 9.79. The molecular weight excluding hydrogens is 274 g/mol. The third-order valence-electron chi connectivity index (χ3n) is 3.70. The predicted octanol–water partition coefficient (Wildman–Crippen LogP) is 4.37. The van der Waals surface area contributed by atoms with E-state index in [0.29, 0.717) is 18.0 Å². The first kappa shape index (κ1) is 18.5. The van der Waals surface area contributed by atoms with Crippen LogP contribution in [0.5, 0.6) is 5.75 Å². The predicted molar refractivity (Wildman–Crippen MR) is 92.7 cm³/mol. The van der Waals surface area contributed by atoms with Crippen molar-refractivity contribution in [3.05, 3.63) is 28.8 Å². The Morgan fingerprint density at radius 2 is 1.64 bits per heavy atom. The number of carbonyl (C=O) groups is 1. The molecular formula is C19H31NO2. The minimum atomic E-state index is -0.224. The van der Waals surface area contributed by atoms with Crippen molar-refractivity contribution in [3.63, 3.8) is 0 Å². The molecule has 0 spiro atoms. The van der Waals surface area contributed by atoms with E-state index in [9.17, 15) is 9.90 Å². The summed E-state index contributed by atoms with van der Waals surface area (Å²) in [4.78, 5) is 12.5. The van der Waals surface area contributed by atoms with E-state index >= 15 is 0 Å². The molecule has 0 unspecified atom stereocenters. The molecule has 0 aliphatic rings. The minimum absolute atomic E-state index is 0.0826. The fourth-order valence-electron chi connectivity index (χ4n) is 2.20. The van der Waals surface area contributed by atoms with E-state index in [4.69, 9.17) is 0 Å². The number of hydrogen-bond acceptors (Lipinski definition) is 2. The van der Waals surface area contributed by atoms with E-state index in [1.165, 1.54) is 0 Å². The van der Waals surface area contributed by atoms with Crippen LogP contribution in [0.3, 0.4) is 0 Å². The van der Waals surface area contributed by atoms with Crippen molar-refractivity contribution in [3.8, 4) is 5.75 Å². The van der Waals surface area contributed by atoms with Crippen LogP contribution in [0.25, 0.3) is 0 Å². The van der Waals surface area contributed by atoms with Gasteiger partial charge in [-0.25, -0.2) is 0 Å². The Labute approximate surface area is 135 Å². The van der Waals surface area contributed by atoms with Gasteiger partial charge in [-0.1, -0.05) is 61.5 Å². The summed E-state index contributed by atoms with van der Waals surface area (Å²) in [5, 5.41) is 13.5. The molecule has 0 saturated heterocycles. The molecule has 0 aromatic heterocycles. The maximum atomic E-state index is 12.5. The van der Waals surface area contributed by atoms with Gasteiger partial charge in [0.15, 0.2) is 0 Å². The molecule has 3 heteroatoms. The fraction of sp³-hybridized carbons (Fsp3) is 0.632. The number of phenolic OH excluding ortho intramolecular Hbond substituents is 1. The Hall–Kier alpha value is -1.51. The summed E-state index contributed by atoms with van der Waals surface area (Å²) >= 11 is 0. The van der Waals surface area contributed by atoms with Gasteiger partial charge in [0.05, 0.1) is 5.56 Å². The first-order valence-corrected chi connectivity index (χ1v) is 8.00. The minimum Gasteiger partial charge on any atom is -0.507 e. The molecule has 22 heavy (non-hydrogen) atoms. The summed E-state index contributed by atoms with van der Waals surface area (Å²) in [5.41, 5.74) is 1.94. The van der Waals surface area contributed by atoms with E-state index in [-0.39, 0.29) is 22.5 Å². The van der Waals surface area contributed by atoms with Crippen LogP contribution in [0.4, 0.5) is 0 Å². The largest absolute Gasteiger partial charge is 0.507 e. The van der Waals surface area contributed by atoms with Gasteiger partial charge in [-0.05, 0) is 28.4 Å². The van der Waals surface area contributed by atoms with Crippen molar-refractivity contribution >= 4 is 5.91 Å². The van der Waals surface area contributed by atoms with Crippen LogP contribution in [0.1, 0.15) is 76.9 Å². The smallest absolute Gasteiger partial charge is 0.255 e. The molecule has 3 nitrogen and oxygen atoms in total. The van der Waals surface area contributed by atoms with Crippen LogP contribution in [-0.4, -0.2) is 17.6 Å². The van der Waals surface area contributed by atoms with Gasteiger partial charge in [0.2, 0.25) is 0 Å². The number of rotatable bonds is 3. The summed E-state index contributed by atoms with van der Waals surface area (Å²) < 4.78 is 0. The first-order valence-electron chi connectivity index (χ1n) is 8.00. The van der Waals surface area contributed by atoms with Crippen LogP contribution in [0, 0.1) is 5.92 Å². The van der Waals surface area contributed by atoms with Crippen molar-refractivity contribution in [1.82, 2.24) is 5.32 Å². The number of nitrogens with one attached hydrogen (secondary N) is 1. The summed E-state index contributed by atoms with van der Waals surface area (Å²) in [5.74, 6) is 0.267. The molecule has 124 valence electrons. The van der Waals surface area contributed by atoms with Crippen molar-refractivity contribution in [2.75, 3.05) is 6.54 Å². The van der Waals surface area contributed by atoms with Gasteiger partial charge in [-0.15, -0.1) is 0 Å². The fourth-order valence-corrected chi connectivity index (χ4v) is 2.20. The normalized spacial score (nSPS) is 12.6. The Balaban J connectivity index is 3.40. The van der Waals surface area contributed by atoms with E-state index in [1.807, 2.05) is 46.8 Å². The quantitative estimate of drug-likeness (QED) is 0.871. The average molecular weight is 305 g/mol. The van der Waals surface area contributed by atoms with Crippen molar-refractivity contribution in [2.45, 2.75) is 66.2 Å². The summed E-state index contributed by atoms with van der Waals surface area (Å²) in [6, 6.07) is 3.84. The number of hydrogen-bond donors (Lipinski definition) is 2. The highest BCUT2D eigenvalue weighted by molar-refractivity contribution is 5.97. The molecule has 0 atom stereocenters. The molecule has 0 bridgehead atoms. The lowest BCUT2D eigenvalue weighted by molar-refractivity contribution is 0.0946. The Morgan fingerprint density at radius 3 is 2.05 bits per heavy atom. The van der Waals surface area contributed by atoms with Crippen molar-refractivity contribution < 1.29 is 9.90 Å². The zero-order valence-corrected chi connectivity index (χ0v) is 15.3. The maximum Gasteiger partial charge on any atom is 0.255 e. The van der Waals surface area contributed by atoms with E-state index in [0.717, 1.165) is 11.1 Å².